The SMILES string of the molecule is Cc1cc(OCCCC2CCN(c3nc(C4CCC4)no3)CC2)ccc1C(=O)O. The second-order valence-electron chi connectivity index (χ2n) is 8.27. The third-order valence-electron chi connectivity index (χ3n) is 6.24. The number of aromatic nitrogens is 2. The number of anilines is 1. The number of benzene rings is 1. The van der Waals surface area contributed by atoms with Gasteiger partial charge in [-0.1, -0.05) is 11.6 Å². The molecule has 2 fully saturated rings. The lowest BCUT2D eigenvalue weighted by atomic mass is 9.85. The van der Waals surface area contributed by atoms with Gasteiger partial charge in [-0.2, -0.15) is 4.98 Å². The van der Waals surface area contributed by atoms with Crippen molar-refractivity contribution in [2.45, 2.75) is 57.8 Å². The molecule has 0 amide bonds. The lowest BCUT2D eigenvalue weighted by Crippen LogP contribution is -2.34. The number of hydrogen-bond donors (Lipinski definition) is 1. The normalized spacial score (nSPS) is 17.9. The first-order valence-electron chi connectivity index (χ1n) is 10.7. The highest BCUT2D eigenvalue weighted by atomic mass is 16.5. The molecule has 1 aliphatic carbocycles. The van der Waals surface area contributed by atoms with Gasteiger partial charge < -0.3 is 19.3 Å². The van der Waals surface area contributed by atoms with E-state index < -0.39 is 5.97 Å². The molecule has 1 N–H and O–H groups in total. The maximum atomic E-state index is 11.1. The number of piperidine rings is 1. The Morgan fingerprint density at radius 1 is 1.28 bits per heavy atom. The number of rotatable bonds is 8. The molecule has 1 aromatic heterocycles. The molecule has 0 spiro atoms. The van der Waals surface area contributed by atoms with Gasteiger partial charge in [-0.05, 0) is 75.1 Å². The van der Waals surface area contributed by atoms with Crippen LogP contribution in [0.15, 0.2) is 22.7 Å². The molecule has 7 nitrogen and oxygen atoms in total. The molecule has 2 aliphatic rings. The molecule has 0 radical (unpaired) electrons. The molecule has 2 heterocycles. The molecule has 1 aromatic carbocycles. The summed E-state index contributed by atoms with van der Waals surface area (Å²) in [5.74, 6) is 1.92. The first-order chi connectivity index (χ1) is 14.1. The van der Waals surface area contributed by atoms with Crippen molar-refractivity contribution in [3.8, 4) is 5.75 Å². The average Bonchev–Trinajstić information content (AvgIpc) is 3.13. The van der Waals surface area contributed by atoms with Gasteiger partial charge in [0.1, 0.15) is 5.75 Å². The Morgan fingerprint density at radius 2 is 2.07 bits per heavy atom. The van der Waals surface area contributed by atoms with E-state index in [0.717, 1.165) is 55.9 Å². The quantitative estimate of drug-likeness (QED) is 0.657. The number of aromatic carboxylic acids is 1. The van der Waals surface area contributed by atoms with E-state index in [4.69, 9.17) is 14.4 Å². The predicted octanol–water partition coefficient (Wildman–Crippen LogP) is 4.42. The van der Waals surface area contributed by atoms with Gasteiger partial charge in [-0.3, -0.25) is 0 Å². The van der Waals surface area contributed by atoms with Gasteiger partial charge in [0.25, 0.3) is 0 Å². The number of carbonyl (C=O) groups is 1. The van der Waals surface area contributed by atoms with Crippen LogP contribution in [-0.4, -0.2) is 40.9 Å². The number of nitrogens with zero attached hydrogens (tertiary/aromatic N) is 3. The van der Waals surface area contributed by atoms with Gasteiger partial charge in [0.15, 0.2) is 5.82 Å². The summed E-state index contributed by atoms with van der Waals surface area (Å²) >= 11 is 0. The second-order valence-corrected chi connectivity index (χ2v) is 8.27. The first kappa shape index (κ1) is 19.7. The average molecular weight is 399 g/mol. The van der Waals surface area contributed by atoms with Gasteiger partial charge in [0, 0.05) is 19.0 Å². The Morgan fingerprint density at radius 3 is 2.72 bits per heavy atom. The summed E-state index contributed by atoms with van der Waals surface area (Å²) in [6, 6.07) is 5.83. The van der Waals surface area contributed by atoms with Crippen molar-refractivity contribution in [1.82, 2.24) is 10.1 Å². The number of carboxylic acid groups (broad SMARTS) is 1. The standard InChI is InChI=1S/C22H29N3O4/c1-15-14-18(7-8-19(15)21(26)27)28-13-3-4-16-9-11-25(12-10-16)22-23-20(24-29-22)17-5-2-6-17/h7-8,14,16-17H,2-6,9-13H2,1H3,(H,26,27). The van der Waals surface area contributed by atoms with Crippen molar-refractivity contribution >= 4 is 12.0 Å². The maximum Gasteiger partial charge on any atom is 0.335 e. The topological polar surface area (TPSA) is 88.7 Å². The zero-order valence-corrected chi connectivity index (χ0v) is 17.0. The highest BCUT2D eigenvalue weighted by Gasteiger charge is 2.27. The molecule has 0 bridgehead atoms. The Labute approximate surface area is 171 Å². The smallest absolute Gasteiger partial charge is 0.335 e. The lowest BCUT2D eigenvalue weighted by Gasteiger charge is -2.30. The molecule has 2 aromatic rings. The minimum atomic E-state index is -0.903. The van der Waals surface area contributed by atoms with E-state index in [0.29, 0.717) is 30.0 Å². The van der Waals surface area contributed by atoms with Crippen LogP contribution in [0.25, 0.3) is 0 Å². The van der Waals surface area contributed by atoms with E-state index in [1.165, 1.54) is 19.3 Å². The maximum absolute atomic E-state index is 11.1. The molecule has 29 heavy (non-hydrogen) atoms. The largest absolute Gasteiger partial charge is 0.494 e. The fraction of sp³-hybridized carbons (Fsp3) is 0.591. The van der Waals surface area contributed by atoms with Crippen molar-refractivity contribution in [2.24, 2.45) is 5.92 Å². The van der Waals surface area contributed by atoms with Crippen molar-refractivity contribution in [1.29, 1.82) is 0 Å². The van der Waals surface area contributed by atoms with Crippen LogP contribution >= 0.6 is 0 Å². The van der Waals surface area contributed by atoms with Crippen LogP contribution in [0.2, 0.25) is 0 Å². The fourth-order valence-corrected chi connectivity index (χ4v) is 4.13. The molecule has 7 heteroatoms. The van der Waals surface area contributed by atoms with Crippen LogP contribution in [0.4, 0.5) is 6.01 Å². The van der Waals surface area contributed by atoms with E-state index in [9.17, 15) is 4.79 Å². The van der Waals surface area contributed by atoms with Gasteiger partial charge >= 0.3 is 12.0 Å². The molecule has 156 valence electrons. The first-order valence-corrected chi connectivity index (χ1v) is 10.7. The predicted molar refractivity (Wildman–Crippen MR) is 109 cm³/mol. The van der Waals surface area contributed by atoms with Crippen LogP contribution in [-0.2, 0) is 0 Å². The highest BCUT2D eigenvalue weighted by molar-refractivity contribution is 5.89. The third-order valence-corrected chi connectivity index (χ3v) is 6.24. The molecular weight excluding hydrogens is 370 g/mol. The zero-order valence-electron chi connectivity index (χ0n) is 17.0. The summed E-state index contributed by atoms with van der Waals surface area (Å²) in [5.41, 5.74) is 1.05. The Bertz CT molecular complexity index is 838. The minimum absolute atomic E-state index is 0.324. The van der Waals surface area contributed by atoms with E-state index in [1.807, 2.05) is 0 Å². The molecule has 1 saturated carbocycles. The Balaban J connectivity index is 1.16. The van der Waals surface area contributed by atoms with E-state index in [2.05, 4.69) is 15.0 Å². The van der Waals surface area contributed by atoms with Crippen LogP contribution in [0.3, 0.4) is 0 Å². The van der Waals surface area contributed by atoms with Crippen molar-refractivity contribution in [3.05, 3.63) is 35.2 Å². The third kappa shape index (κ3) is 4.71. The molecule has 0 atom stereocenters. The van der Waals surface area contributed by atoms with E-state index >= 15 is 0 Å². The summed E-state index contributed by atoms with van der Waals surface area (Å²) in [4.78, 5) is 17.9. The van der Waals surface area contributed by atoms with Gasteiger partial charge in [-0.15, -0.1) is 0 Å². The molecule has 1 saturated heterocycles. The second kappa shape index (κ2) is 8.84. The van der Waals surface area contributed by atoms with Crippen molar-refractivity contribution in [2.75, 3.05) is 24.6 Å². The van der Waals surface area contributed by atoms with Crippen molar-refractivity contribution < 1.29 is 19.2 Å². The lowest BCUT2D eigenvalue weighted by molar-refractivity contribution is 0.0696. The number of hydrogen-bond acceptors (Lipinski definition) is 6. The summed E-state index contributed by atoms with van der Waals surface area (Å²) in [6.07, 6.45) is 8.05. The van der Waals surface area contributed by atoms with Gasteiger partial charge in [-0.25, -0.2) is 4.79 Å². The van der Waals surface area contributed by atoms with Crippen LogP contribution in [0.1, 0.15) is 72.6 Å². The molecule has 1 aliphatic heterocycles. The Hall–Kier alpha value is -2.57. The molecular formula is C22H29N3O4. The zero-order chi connectivity index (χ0) is 20.2. The number of carboxylic acids is 1. The minimum Gasteiger partial charge on any atom is -0.494 e. The van der Waals surface area contributed by atoms with E-state index in [-0.39, 0.29) is 0 Å². The summed E-state index contributed by atoms with van der Waals surface area (Å²) < 4.78 is 11.3. The summed E-state index contributed by atoms with van der Waals surface area (Å²) in [7, 11) is 0. The fourth-order valence-electron chi connectivity index (χ4n) is 4.13. The molecule has 4 rings (SSSR count). The monoisotopic (exact) mass is 399 g/mol. The van der Waals surface area contributed by atoms with Gasteiger partial charge in [0.05, 0.1) is 12.2 Å². The van der Waals surface area contributed by atoms with E-state index in [1.54, 1.807) is 25.1 Å². The van der Waals surface area contributed by atoms with Crippen LogP contribution in [0, 0.1) is 12.8 Å². The Kier molecular flexibility index (Phi) is 6.02. The summed E-state index contributed by atoms with van der Waals surface area (Å²) in [5, 5.41) is 13.3. The number of aryl methyl sites for hydroxylation is 1. The summed E-state index contributed by atoms with van der Waals surface area (Å²) in [6.45, 7) is 4.38. The number of ether oxygens (including phenoxy) is 1. The van der Waals surface area contributed by atoms with Crippen LogP contribution in [0.5, 0.6) is 5.75 Å². The highest BCUT2D eigenvalue weighted by Crippen LogP contribution is 2.35. The van der Waals surface area contributed by atoms with Crippen molar-refractivity contribution in [3.63, 3.8) is 0 Å². The van der Waals surface area contributed by atoms with Crippen LogP contribution < -0.4 is 9.64 Å². The molecule has 0 unspecified atom stereocenters. The van der Waals surface area contributed by atoms with Gasteiger partial charge in [0.2, 0.25) is 0 Å².